The fraction of sp³-hybridized carbons (Fsp3) is 0.611. The second-order valence-corrected chi connectivity index (χ2v) is 7.60. The third-order valence-corrected chi connectivity index (χ3v) is 5.52. The van der Waals surface area contributed by atoms with E-state index in [-0.39, 0.29) is 17.7 Å². The molecule has 0 bridgehead atoms. The number of carbonyl (C=O) groups excluding carboxylic acids is 2. The van der Waals surface area contributed by atoms with Gasteiger partial charge in [-0.15, -0.1) is 0 Å². The number of rotatable bonds is 3. The number of halogens is 1. The smallest absolute Gasteiger partial charge is 0.227 e. The SMILES string of the molecule is CCC(=O)N1CCCC(C(=O)N2CCN(c3ccc(Br)cn3)CC2)C1. The van der Waals surface area contributed by atoms with Crippen molar-refractivity contribution in [1.29, 1.82) is 0 Å². The second-order valence-electron chi connectivity index (χ2n) is 6.68. The molecule has 3 heterocycles. The standard InChI is InChI=1S/C18H25BrN4O2/c1-2-17(24)23-7-3-4-14(13-23)18(25)22-10-8-21(9-11-22)16-6-5-15(19)12-20-16/h5-6,12,14H,2-4,7-11,13H2,1H3. The normalized spacial score (nSPS) is 21.4. The quantitative estimate of drug-likeness (QED) is 0.768. The number of carbonyl (C=O) groups is 2. The molecule has 2 aliphatic rings. The van der Waals surface area contributed by atoms with Gasteiger partial charge < -0.3 is 14.7 Å². The number of aromatic nitrogens is 1. The largest absolute Gasteiger partial charge is 0.353 e. The molecule has 3 rings (SSSR count). The highest BCUT2D eigenvalue weighted by atomic mass is 79.9. The molecule has 6 nitrogen and oxygen atoms in total. The Hall–Kier alpha value is -1.63. The summed E-state index contributed by atoms with van der Waals surface area (Å²) >= 11 is 3.40. The molecule has 2 fully saturated rings. The van der Waals surface area contributed by atoms with Crippen LogP contribution < -0.4 is 4.90 Å². The van der Waals surface area contributed by atoms with Crippen molar-refractivity contribution in [3.63, 3.8) is 0 Å². The molecule has 0 N–H and O–H groups in total. The summed E-state index contributed by atoms with van der Waals surface area (Å²) in [6.07, 6.45) is 4.12. The van der Waals surface area contributed by atoms with Crippen molar-refractivity contribution >= 4 is 33.6 Å². The van der Waals surface area contributed by atoms with Crippen molar-refractivity contribution in [3.05, 3.63) is 22.8 Å². The van der Waals surface area contributed by atoms with Gasteiger partial charge in [0, 0.05) is 56.4 Å². The molecule has 0 saturated carbocycles. The van der Waals surface area contributed by atoms with Gasteiger partial charge in [0.25, 0.3) is 0 Å². The number of likely N-dealkylation sites (tertiary alicyclic amines) is 1. The molecule has 7 heteroatoms. The number of piperidine rings is 1. The van der Waals surface area contributed by atoms with Crippen LogP contribution in [0.1, 0.15) is 26.2 Å². The van der Waals surface area contributed by atoms with Crippen LogP contribution in [0.15, 0.2) is 22.8 Å². The van der Waals surface area contributed by atoms with Crippen LogP contribution in [0.2, 0.25) is 0 Å². The number of amides is 2. The summed E-state index contributed by atoms with van der Waals surface area (Å²) in [5.74, 6) is 1.27. The van der Waals surface area contributed by atoms with Gasteiger partial charge in [-0.3, -0.25) is 9.59 Å². The minimum atomic E-state index is -0.0402. The van der Waals surface area contributed by atoms with Gasteiger partial charge in [-0.25, -0.2) is 4.98 Å². The minimum absolute atomic E-state index is 0.0402. The van der Waals surface area contributed by atoms with E-state index in [0.717, 1.165) is 55.9 Å². The van der Waals surface area contributed by atoms with E-state index in [1.54, 1.807) is 6.20 Å². The highest BCUT2D eigenvalue weighted by molar-refractivity contribution is 9.10. The number of anilines is 1. The van der Waals surface area contributed by atoms with Crippen molar-refractivity contribution in [2.75, 3.05) is 44.2 Å². The van der Waals surface area contributed by atoms with E-state index in [9.17, 15) is 9.59 Å². The van der Waals surface area contributed by atoms with Crippen LogP contribution in [0.25, 0.3) is 0 Å². The minimum Gasteiger partial charge on any atom is -0.353 e. The van der Waals surface area contributed by atoms with E-state index in [4.69, 9.17) is 0 Å². The summed E-state index contributed by atoms with van der Waals surface area (Å²) in [6, 6.07) is 3.98. The average Bonchev–Trinajstić information content (AvgIpc) is 2.67. The Morgan fingerprint density at radius 2 is 1.92 bits per heavy atom. The van der Waals surface area contributed by atoms with E-state index in [1.165, 1.54) is 0 Å². The lowest BCUT2D eigenvalue weighted by atomic mass is 9.96. The first-order chi connectivity index (χ1) is 12.1. The van der Waals surface area contributed by atoms with Gasteiger partial charge in [-0.2, -0.15) is 0 Å². The Morgan fingerprint density at radius 3 is 2.56 bits per heavy atom. The Balaban J connectivity index is 1.54. The molecular formula is C18H25BrN4O2. The molecule has 2 saturated heterocycles. The van der Waals surface area contributed by atoms with Crippen molar-refractivity contribution < 1.29 is 9.59 Å². The molecule has 0 aromatic carbocycles. The lowest BCUT2D eigenvalue weighted by Crippen LogP contribution is -2.53. The number of hydrogen-bond acceptors (Lipinski definition) is 4. The first kappa shape index (κ1) is 18.2. The van der Waals surface area contributed by atoms with Crippen molar-refractivity contribution in [2.24, 2.45) is 5.92 Å². The molecule has 0 radical (unpaired) electrons. The van der Waals surface area contributed by atoms with Crippen LogP contribution in [0, 0.1) is 5.92 Å². The summed E-state index contributed by atoms with van der Waals surface area (Å²) in [5.41, 5.74) is 0. The Bertz CT molecular complexity index is 614. The molecule has 1 unspecified atom stereocenters. The monoisotopic (exact) mass is 408 g/mol. The third-order valence-electron chi connectivity index (χ3n) is 5.05. The van der Waals surface area contributed by atoms with Gasteiger partial charge in [0.2, 0.25) is 11.8 Å². The van der Waals surface area contributed by atoms with E-state index in [0.29, 0.717) is 13.0 Å². The average molecular weight is 409 g/mol. The van der Waals surface area contributed by atoms with Crippen LogP contribution in [0.4, 0.5) is 5.82 Å². The predicted octanol–water partition coefficient (Wildman–Crippen LogP) is 2.14. The number of pyridine rings is 1. The molecule has 25 heavy (non-hydrogen) atoms. The van der Waals surface area contributed by atoms with Crippen molar-refractivity contribution in [1.82, 2.24) is 14.8 Å². The maximum atomic E-state index is 12.8. The molecular weight excluding hydrogens is 384 g/mol. The third kappa shape index (κ3) is 4.32. The van der Waals surface area contributed by atoms with Crippen molar-refractivity contribution in [3.8, 4) is 0 Å². The summed E-state index contributed by atoms with van der Waals surface area (Å²) in [4.78, 5) is 35.2. The van der Waals surface area contributed by atoms with Gasteiger partial charge in [0.15, 0.2) is 0 Å². The zero-order valence-corrected chi connectivity index (χ0v) is 16.2. The maximum Gasteiger partial charge on any atom is 0.227 e. The first-order valence-electron chi connectivity index (χ1n) is 9.01. The summed E-state index contributed by atoms with van der Waals surface area (Å²) in [7, 11) is 0. The van der Waals surface area contributed by atoms with Crippen LogP contribution in [-0.2, 0) is 9.59 Å². The molecule has 1 aromatic rings. The first-order valence-corrected chi connectivity index (χ1v) is 9.81. The van der Waals surface area contributed by atoms with Gasteiger partial charge in [0.1, 0.15) is 5.82 Å². The van der Waals surface area contributed by atoms with E-state index in [2.05, 4.69) is 25.8 Å². The van der Waals surface area contributed by atoms with E-state index < -0.39 is 0 Å². The second kappa shape index (κ2) is 8.17. The van der Waals surface area contributed by atoms with E-state index >= 15 is 0 Å². The van der Waals surface area contributed by atoms with Crippen molar-refractivity contribution in [2.45, 2.75) is 26.2 Å². The van der Waals surface area contributed by atoms with Gasteiger partial charge in [0.05, 0.1) is 5.92 Å². The Labute approximate surface area is 157 Å². The topological polar surface area (TPSA) is 56.8 Å². The number of piperazine rings is 1. The predicted molar refractivity (Wildman–Crippen MR) is 100 cm³/mol. The lowest BCUT2D eigenvalue weighted by Gasteiger charge is -2.39. The lowest BCUT2D eigenvalue weighted by molar-refractivity contribution is -0.141. The molecule has 2 amide bonds. The fourth-order valence-electron chi connectivity index (χ4n) is 3.60. The Kier molecular flexibility index (Phi) is 5.93. The number of hydrogen-bond donors (Lipinski definition) is 0. The molecule has 1 atom stereocenters. The van der Waals surface area contributed by atoms with Gasteiger partial charge in [-0.1, -0.05) is 6.92 Å². The molecule has 136 valence electrons. The zero-order chi connectivity index (χ0) is 17.8. The van der Waals surface area contributed by atoms with Crippen LogP contribution in [0.5, 0.6) is 0 Å². The van der Waals surface area contributed by atoms with Gasteiger partial charge in [-0.05, 0) is 40.9 Å². The summed E-state index contributed by atoms with van der Waals surface area (Å²) in [5, 5.41) is 0. The van der Waals surface area contributed by atoms with Crippen LogP contribution in [-0.4, -0.2) is 65.9 Å². The van der Waals surface area contributed by atoms with E-state index in [1.807, 2.05) is 28.9 Å². The Morgan fingerprint density at radius 1 is 1.16 bits per heavy atom. The van der Waals surface area contributed by atoms with Gasteiger partial charge >= 0.3 is 0 Å². The van der Waals surface area contributed by atoms with Crippen LogP contribution >= 0.6 is 15.9 Å². The molecule has 2 aliphatic heterocycles. The summed E-state index contributed by atoms with van der Waals surface area (Å²) in [6.45, 7) is 6.28. The maximum absolute atomic E-state index is 12.8. The molecule has 1 aromatic heterocycles. The number of nitrogens with zero attached hydrogens (tertiary/aromatic N) is 4. The highest BCUT2D eigenvalue weighted by Gasteiger charge is 2.32. The zero-order valence-electron chi connectivity index (χ0n) is 14.7. The molecule has 0 spiro atoms. The molecule has 0 aliphatic carbocycles. The summed E-state index contributed by atoms with van der Waals surface area (Å²) < 4.78 is 0.966. The highest BCUT2D eigenvalue weighted by Crippen LogP contribution is 2.22. The van der Waals surface area contributed by atoms with Crippen LogP contribution in [0.3, 0.4) is 0 Å². The fourth-order valence-corrected chi connectivity index (χ4v) is 3.83.